The molecule has 0 aliphatic carbocycles. The average Bonchev–Trinajstić information content (AvgIpc) is 2.30. The zero-order chi connectivity index (χ0) is 17.2. The first-order valence-corrected chi connectivity index (χ1v) is 7.66. The lowest BCUT2D eigenvalue weighted by Gasteiger charge is -2.21. The minimum absolute atomic E-state index is 0.0617. The molecule has 0 radical (unpaired) electrons. The van der Waals surface area contributed by atoms with E-state index in [9.17, 15) is 14.9 Å². The third-order valence-corrected chi connectivity index (χ3v) is 4.12. The second-order valence-corrected chi connectivity index (χ2v) is 7.18. The van der Waals surface area contributed by atoms with E-state index in [-0.39, 0.29) is 11.4 Å². The third-order valence-electron chi connectivity index (χ3n) is 2.75. The Labute approximate surface area is 143 Å². The van der Waals surface area contributed by atoms with Gasteiger partial charge in [0.1, 0.15) is 0 Å². The summed E-state index contributed by atoms with van der Waals surface area (Å²) >= 11 is 2.05. The average molecular weight is 421 g/mol. The van der Waals surface area contributed by atoms with Crippen LogP contribution in [0.25, 0.3) is 0 Å². The van der Waals surface area contributed by atoms with Crippen molar-refractivity contribution in [2.75, 3.05) is 19.0 Å². The maximum absolute atomic E-state index is 11.9. The van der Waals surface area contributed by atoms with Gasteiger partial charge < -0.3 is 15.0 Å². The Kier molecular flexibility index (Phi) is 5.60. The van der Waals surface area contributed by atoms with E-state index in [1.807, 2.05) is 41.6 Å². The number of nitrogens with one attached hydrogen (secondary N) is 1. The molecule has 0 unspecified atom stereocenters. The van der Waals surface area contributed by atoms with Crippen molar-refractivity contribution in [3.63, 3.8) is 0 Å². The van der Waals surface area contributed by atoms with Crippen LogP contribution in [0.2, 0.25) is 0 Å². The standard InChI is InChI=1S/C14H20IN3O4/c1-8-11(15)9(17(5)6)7-10(12(8)18(20)21)22-13(19)16-14(2,3)4/h7H,1-6H3,(H,16,19). The lowest BCUT2D eigenvalue weighted by atomic mass is 10.1. The number of halogens is 1. The van der Waals surface area contributed by atoms with Crippen LogP contribution < -0.4 is 15.0 Å². The number of carbonyl (C=O) groups excluding carboxylic acids is 1. The maximum atomic E-state index is 11.9. The van der Waals surface area contributed by atoms with Crippen LogP contribution in [0.3, 0.4) is 0 Å². The Bertz CT molecular complexity index is 609. The fourth-order valence-electron chi connectivity index (χ4n) is 1.80. The number of anilines is 1. The van der Waals surface area contributed by atoms with Crippen LogP contribution in [-0.4, -0.2) is 30.7 Å². The first kappa shape index (κ1) is 18.5. The molecule has 0 spiro atoms. The van der Waals surface area contributed by atoms with Crippen molar-refractivity contribution >= 4 is 40.1 Å². The van der Waals surface area contributed by atoms with Crippen molar-refractivity contribution < 1.29 is 14.5 Å². The molecule has 1 N–H and O–H groups in total. The van der Waals surface area contributed by atoms with Gasteiger partial charge in [-0.25, -0.2) is 4.79 Å². The molecule has 0 bridgehead atoms. The summed E-state index contributed by atoms with van der Waals surface area (Å²) in [6.45, 7) is 7.04. The van der Waals surface area contributed by atoms with Crippen LogP contribution in [0.4, 0.5) is 16.2 Å². The number of rotatable bonds is 3. The highest BCUT2D eigenvalue weighted by Crippen LogP contribution is 2.39. The molecule has 0 aliphatic heterocycles. The molecule has 1 aromatic carbocycles. The fourth-order valence-corrected chi connectivity index (χ4v) is 2.69. The molecule has 7 nitrogen and oxygen atoms in total. The van der Waals surface area contributed by atoms with Gasteiger partial charge in [-0.05, 0) is 50.3 Å². The van der Waals surface area contributed by atoms with E-state index in [1.165, 1.54) is 6.07 Å². The lowest BCUT2D eigenvalue weighted by molar-refractivity contribution is -0.386. The molecule has 22 heavy (non-hydrogen) atoms. The highest BCUT2D eigenvalue weighted by atomic mass is 127. The number of ether oxygens (including phenoxy) is 1. The number of nitro benzene ring substituents is 1. The minimum Gasteiger partial charge on any atom is -0.403 e. The first-order valence-electron chi connectivity index (χ1n) is 6.59. The number of amides is 1. The van der Waals surface area contributed by atoms with Gasteiger partial charge in [-0.2, -0.15) is 0 Å². The Morgan fingerprint density at radius 1 is 1.41 bits per heavy atom. The highest BCUT2D eigenvalue weighted by molar-refractivity contribution is 14.1. The van der Waals surface area contributed by atoms with E-state index in [2.05, 4.69) is 5.32 Å². The normalized spacial score (nSPS) is 11.0. The van der Waals surface area contributed by atoms with Gasteiger partial charge in [0.05, 0.1) is 10.6 Å². The topological polar surface area (TPSA) is 84.7 Å². The van der Waals surface area contributed by atoms with E-state index in [4.69, 9.17) is 4.74 Å². The predicted molar refractivity (Wildman–Crippen MR) is 93.8 cm³/mol. The van der Waals surface area contributed by atoms with Crippen LogP contribution in [0.15, 0.2) is 6.07 Å². The molecular weight excluding hydrogens is 401 g/mol. The first-order chi connectivity index (χ1) is 9.94. The van der Waals surface area contributed by atoms with Gasteiger partial charge in [-0.3, -0.25) is 10.1 Å². The van der Waals surface area contributed by atoms with Gasteiger partial charge in [0, 0.05) is 34.8 Å². The van der Waals surface area contributed by atoms with Crippen LogP contribution in [-0.2, 0) is 0 Å². The smallest absolute Gasteiger partial charge is 0.403 e. The quantitative estimate of drug-likeness (QED) is 0.459. The van der Waals surface area contributed by atoms with Gasteiger partial charge in [0.25, 0.3) is 0 Å². The molecule has 0 aliphatic rings. The molecule has 0 fully saturated rings. The van der Waals surface area contributed by atoms with Gasteiger partial charge >= 0.3 is 11.8 Å². The molecule has 0 aromatic heterocycles. The van der Waals surface area contributed by atoms with Gasteiger partial charge in [-0.1, -0.05) is 0 Å². The second-order valence-electron chi connectivity index (χ2n) is 6.10. The summed E-state index contributed by atoms with van der Waals surface area (Å²) in [4.78, 5) is 24.5. The van der Waals surface area contributed by atoms with Crippen LogP contribution in [0, 0.1) is 20.6 Å². The largest absolute Gasteiger partial charge is 0.413 e. The molecule has 0 saturated heterocycles. The molecule has 1 aromatic rings. The summed E-state index contributed by atoms with van der Waals surface area (Å²) in [7, 11) is 3.64. The molecule has 8 heteroatoms. The molecule has 1 rings (SSSR count). The number of hydrogen-bond acceptors (Lipinski definition) is 5. The summed E-state index contributed by atoms with van der Waals surface area (Å²) in [5, 5.41) is 13.9. The minimum atomic E-state index is -0.721. The van der Waals surface area contributed by atoms with Gasteiger partial charge in [0.15, 0.2) is 0 Å². The van der Waals surface area contributed by atoms with Gasteiger partial charge in [-0.15, -0.1) is 0 Å². The number of nitrogens with zero attached hydrogens (tertiary/aromatic N) is 2. The van der Waals surface area contributed by atoms with Crippen molar-refractivity contribution in [1.82, 2.24) is 5.32 Å². The zero-order valence-electron chi connectivity index (χ0n) is 13.5. The molecule has 0 atom stereocenters. The van der Waals surface area contributed by atoms with Crippen LogP contribution in [0.5, 0.6) is 5.75 Å². The zero-order valence-corrected chi connectivity index (χ0v) is 15.6. The number of hydrogen-bond donors (Lipinski definition) is 1. The van der Waals surface area contributed by atoms with E-state index >= 15 is 0 Å². The molecule has 0 saturated carbocycles. The van der Waals surface area contributed by atoms with Crippen molar-refractivity contribution in [2.24, 2.45) is 0 Å². The number of benzene rings is 1. The summed E-state index contributed by atoms with van der Waals surface area (Å²) in [5.41, 5.74) is 0.533. The number of nitro groups is 1. The summed E-state index contributed by atoms with van der Waals surface area (Å²) in [6, 6.07) is 1.51. The van der Waals surface area contributed by atoms with Crippen molar-refractivity contribution in [3.05, 3.63) is 25.3 Å². The SMILES string of the molecule is Cc1c(I)c(N(C)C)cc(OC(=O)NC(C)(C)C)c1[N+](=O)[O-]. The fraction of sp³-hybridized carbons (Fsp3) is 0.500. The van der Waals surface area contributed by atoms with Gasteiger partial charge in [0.2, 0.25) is 5.75 Å². The van der Waals surface area contributed by atoms with Crippen molar-refractivity contribution in [2.45, 2.75) is 33.2 Å². The number of carbonyl (C=O) groups is 1. The molecule has 0 heterocycles. The third kappa shape index (κ3) is 4.46. The van der Waals surface area contributed by atoms with E-state index in [0.29, 0.717) is 5.56 Å². The highest BCUT2D eigenvalue weighted by Gasteiger charge is 2.27. The van der Waals surface area contributed by atoms with Crippen LogP contribution in [0.1, 0.15) is 26.3 Å². The predicted octanol–water partition coefficient (Wildman–Crippen LogP) is 3.46. The Hall–Kier alpha value is -1.58. The van der Waals surface area contributed by atoms with E-state index < -0.39 is 16.6 Å². The van der Waals surface area contributed by atoms with Crippen molar-refractivity contribution in [1.29, 1.82) is 0 Å². The van der Waals surface area contributed by atoms with Crippen LogP contribution >= 0.6 is 22.6 Å². The van der Waals surface area contributed by atoms with Crippen molar-refractivity contribution in [3.8, 4) is 5.75 Å². The lowest BCUT2D eigenvalue weighted by Crippen LogP contribution is -2.42. The van der Waals surface area contributed by atoms with E-state index in [0.717, 1.165) is 9.26 Å². The monoisotopic (exact) mass is 421 g/mol. The Balaban J connectivity index is 3.33. The summed E-state index contributed by atoms with van der Waals surface area (Å²) in [5.74, 6) is -0.0617. The van der Waals surface area contributed by atoms with E-state index in [1.54, 1.807) is 27.7 Å². The summed E-state index contributed by atoms with van der Waals surface area (Å²) < 4.78 is 5.94. The summed E-state index contributed by atoms with van der Waals surface area (Å²) in [6.07, 6.45) is -0.721. The maximum Gasteiger partial charge on any atom is 0.413 e. The molecular formula is C14H20IN3O4. The Morgan fingerprint density at radius 3 is 2.36 bits per heavy atom. The second kappa shape index (κ2) is 6.67. The Morgan fingerprint density at radius 2 is 1.95 bits per heavy atom. The molecule has 1 amide bonds. The molecule has 122 valence electrons.